The average Bonchev–Trinajstić information content (AvgIpc) is 3.20. The van der Waals surface area contributed by atoms with E-state index < -0.39 is 0 Å². The molecule has 2 aliphatic heterocycles. The Bertz CT molecular complexity index is 695. The summed E-state index contributed by atoms with van der Waals surface area (Å²) in [7, 11) is 1.86. The third-order valence-corrected chi connectivity index (χ3v) is 6.88. The Labute approximate surface area is 180 Å². The van der Waals surface area contributed by atoms with Crippen LogP contribution in [0.25, 0.3) is 0 Å². The fraction of sp³-hybridized carbons (Fsp3) is 0.739. The maximum absolute atomic E-state index is 12.8. The van der Waals surface area contributed by atoms with Crippen LogP contribution in [0.15, 0.2) is 24.4 Å². The van der Waals surface area contributed by atoms with Crippen LogP contribution in [0.1, 0.15) is 44.7 Å². The van der Waals surface area contributed by atoms with Crippen molar-refractivity contribution in [2.24, 2.45) is 5.92 Å². The van der Waals surface area contributed by atoms with Crippen LogP contribution in [-0.4, -0.2) is 78.6 Å². The van der Waals surface area contributed by atoms with Gasteiger partial charge in [0.2, 0.25) is 0 Å². The van der Waals surface area contributed by atoms with Gasteiger partial charge in [0.25, 0.3) is 0 Å². The van der Waals surface area contributed by atoms with Crippen molar-refractivity contribution in [2.75, 3.05) is 39.9 Å². The first-order chi connectivity index (χ1) is 14.6. The van der Waals surface area contributed by atoms with Gasteiger partial charge in [-0.25, -0.2) is 4.79 Å². The lowest BCUT2D eigenvalue weighted by atomic mass is 9.74. The Morgan fingerprint density at radius 1 is 1.37 bits per heavy atom. The summed E-state index contributed by atoms with van der Waals surface area (Å²) in [6, 6.07) is 6.65. The van der Waals surface area contributed by atoms with Crippen molar-refractivity contribution in [2.45, 2.75) is 63.3 Å². The molecule has 1 aromatic heterocycles. The first-order valence-corrected chi connectivity index (χ1v) is 11.5. The summed E-state index contributed by atoms with van der Waals surface area (Å²) in [6.07, 6.45) is 7.74. The van der Waals surface area contributed by atoms with Gasteiger partial charge in [0.1, 0.15) is 0 Å². The number of hydrogen-bond donors (Lipinski definition) is 1. The van der Waals surface area contributed by atoms with Crippen LogP contribution < -0.4 is 5.32 Å². The summed E-state index contributed by atoms with van der Waals surface area (Å²) < 4.78 is 12.0. The van der Waals surface area contributed by atoms with Crippen LogP contribution in [0.4, 0.5) is 4.79 Å². The fourth-order valence-corrected chi connectivity index (χ4v) is 5.44. The normalized spacial score (nSPS) is 28.3. The Morgan fingerprint density at radius 2 is 2.20 bits per heavy atom. The minimum atomic E-state index is -0.371. The summed E-state index contributed by atoms with van der Waals surface area (Å²) in [6.45, 7) is 6.32. The SMILES string of the molecule is CCCN1C[C@@H](NC(=O)N(C)CCc2ccccn2)C[C@@H]2CC3(CC[C@H]21)OCCO3. The minimum Gasteiger partial charge on any atom is -0.348 e. The summed E-state index contributed by atoms with van der Waals surface area (Å²) in [4.78, 5) is 21.5. The van der Waals surface area contributed by atoms with Crippen molar-refractivity contribution in [1.29, 1.82) is 0 Å². The van der Waals surface area contributed by atoms with E-state index in [2.05, 4.69) is 22.1 Å². The van der Waals surface area contributed by atoms with E-state index in [-0.39, 0.29) is 17.9 Å². The van der Waals surface area contributed by atoms with Crippen molar-refractivity contribution in [1.82, 2.24) is 20.1 Å². The van der Waals surface area contributed by atoms with Gasteiger partial charge in [0, 0.05) is 63.4 Å². The molecule has 166 valence electrons. The molecule has 3 heterocycles. The fourth-order valence-electron chi connectivity index (χ4n) is 5.44. The molecule has 1 aliphatic carbocycles. The van der Waals surface area contributed by atoms with Gasteiger partial charge in [0.15, 0.2) is 5.79 Å². The van der Waals surface area contributed by atoms with E-state index in [4.69, 9.17) is 9.47 Å². The third kappa shape index (κ3) is 4.95. The van der Waals surface area contributed by atoms with Gasteiger partial charge in [-0.1, -0.05) is 13.0 Å². The minimum absolute atomic E-state index is 0.00437. The lowest BCUT2D eigenvalue weighted by Gasteiger charge is -2.51. The summed E-state index contributed by atoms with van der Waals surface area (Å²) in [5.41, 5.74) is 1.01. The number of carbonyl (C=O) groups is 1. The maximum Gasteiger partial charge on any atom is 0.317 e. The highest BCUT2D eigenvalue weighted by atomic mass is 16.7. The summed E-state index contributed by atoms with van der Waals surface area (Å²) >= 11 is 0. The van der Waals surface area contributed by atoms with Crippen molar-refractivity contribution in [3.8, 4) is 0 Å². The van der Waals surface area contributed by atoms with E-state index in [9.17, 15) is 4.79 Å². The number of likely N-dealkylation sites (tertiary alicyclic amines) is 1. The molecule has 1 N–H and O–H groups in total. The van der Waals surface area contributed by atoms with Crippen molar-refractivity contribution < 1.29 is 14.3 Å². The van der Waals surface area contributed by atoms with Crippen LogP contribution in [0.5, 0.6) is 0 Å². The number of amides is 2. The molecule has 1 spiro atoms. The molecule has 7 nitrogen and oxygen atoms in total. The van der Waals surface area contributed by atoms with Gasteiger partial charge in [-0.05, 0) is 43.9 Å². The number of urea groups is 1. The Balaban J connectivity index is 1.34. The van der Waals surface area contributed by atoms with E-state index >= 15 is 0 Å². The van der Waals surface area contributed by atoms with Crippen LogP contribution in [0.3, 0.4) is 0 Å². The van der Waals surface area contributed by atoms with Crippen LogP contribution in [0, 0.1) is 5.92 Å². The van der Waals surface area contributed by atoms with E-state index in [0.717, 1.165) is 57.3 Å². The number of carbonyl (C=O) groups excluding carboxylic acids is 1. The monoisotopic (exact) mass is 416 g/mol. The smallest absolute Gasteiger partial charge is 0.317 e. The second-order valence-corrected chi connectivity index (χ2v) is 9.05. The van der Waals surface area contributed by atoms with Crippen LogP contribution in [0.2, 0.25) is 0 Å². The lowest BCUT2D eigenvalue weighted by molar-refractivity contribution is -0.201. The first kappa shape index (κ1) is 21.5. The number of pyridine rings is 1. The van der Waals surface area contributed by atoms with Gasteiger partial charge < -0.3 is 19.7 Å². The molecule has 2 amide bonds. The Morgan fingerprint density at radius 3 is 2.93 bits per heavy atom. The zero-order chi connectivity index (χ0) is 21.0. The van der Waals surface area contributed by atoms with E-state index in [1.165, 1.54) is 0 Å². The quantitative estimate of drug-likeness (QED) is 0.772. The van der Waals surface area contributed by atoms with Gasteiger partial charge >= 0.3 is 6.03 Å². The second-order valence-electron chi connectivity index (χ2n) is 9.05. The molecule has 0 bridgehead atoms. The van der Waals surface area contributed by atoms with Crippen molar-refractivity contribution in [3.05, 3.63) is 30.1 Å². The number of aromatic nitrogens is 1. The molecule has 2 saturated heterocycles. The Hall–Kier alpha value is -1.70. The van der Waals surface area contributed by atoms with Gasteiger partial charge in [-0.3, -0.25) is 9.88 Å². The second kappa shape index (κ2) is 9.62. The molecule has 1 saturated carbocycles. The molecule has 0 radical (unpaired) electrons. The number of nitrogens with one attached hydrogen (secondary N) is 1. The molecule has 7 heteroatoms. The standard InChI is InChI=1S/C23H36N4O3/c1-3-11-27-17-20(15-18-16-23(9-7-21(18)27)29-13-14-30-23)25-22(28)26(2)12-8-19-6-4-5-10-24-19/h4-6,10,18,20-21H,3,7-9,11-17H2,1-2H3,(H,25,28)/t18-,20+,21-/m1/s1. The zero-order valence-electron chi connectivity index (χ0n) is 18.4. The molecule has 1 aromatic rings. The summed E-state index contributed by atoms with van der Waals surface area (Å²) in [5, 5.41) is 3.30. The number of rotatable bonds is 6. The van der Waals surface area contributed by atoms with Gasteiger partial charge in [-0.2, -0.15) is 0 Å². The molecular weight excluding hydrogens is 380 g/mol. The highest BCUT2D eigenvalue weighted by Crippen LogP contribution is 2.44. The third-order valence-electron chi connectivity index (χ3n) is 6.88. The summed E-state index contributed by atoms with van der Waals surface area (Å²) in [5.74, 6) is 0.131. The van der Waals surface area contributed by atoms with Gasteiger partial charge in [-0.15, -0.1) is 0 Å². The highest BCUT2D eigenvalue weighted by Gasteiger charge is 2.49. The zero-order valence-corrected chi connectivity index (χ0v) is 18.4. The highest BCUT2D eigenvalue weighted by molar-refractivity contribution is 5.74. The van der Waals surface area contributed by atoms with Gasteiger partial charge in [0.05, 0.1) is 13.2 Å². The molecule has 4 rings (SSSR count). The predicted octanol–water partition coefficient (Wildman–Crippen LogP) is 2.66. The van der Waals surface area contributed by atoms with Crippen molar-refractivity contribution in [3.63, 3.8) is 0 Å². The number of ether oxygens (including phenoxy) is 2. The van der Waals surface area contributed by atoms with E-state index in [1.54, 1.807) is 11.1 Å². The average molecular weight is 417 g/mol. The number of fused-ring (bicyclic) bond motifs is 1. The lowest BCUT2D eigenvalue weighted by Crippen LogP contribution is -2.60. The van der Waals surface area contributed by atoms with E-state index in [0.29, 0.717) is 31.7 Å². The number of likely N-dealkylation sites (N-methyl/N-ethyl adjacent to an activating group) is 1. The molecule has 30 heavy (non-hydrogen) atoms. The molecule has 3 atom stereocenters. The van der Waals surface area contributed by atoms with Crippen LogP contribution in [-0.2, 0) is 15.9 Å². The molecule has 3 aliphatic rings. The molecule has 3 fully saturated rings. The first-order valence-electron chi connectivity index (χ1n) is 11.5. The molecular formula is C23H36N4O3. The molecule has 0 unspecified atom stereocenters. The molecule has 0 aromatic carbocycles. The number of nitrogens with zero attached hydrogens (tertiary/aromatic N) is 3. The Kier molecular flexibility index (Phi) is 6.91. The maximum atomic E-state index is 12.8. The number of hydrogen-bond acceptors (Lipinski definition) is 5. The predicted molar refractivity (Wildman–Crippen MR) is 115 cm³/mol. The number of piperidine rings is 1. The van der Waals surface area contributed by atoms with E-state index in [1.807, 2.05) is 25.2 Å². The topological polar surface area (TPSA) is 66.9 Å². The van der Waals surface area contributed by atoms with Crippen molar-refractivity contribution >= 4 is 6.03 Å². The largest absolute Gasteiger partial charge is 0.348 e. The van der Waals surface area contributed by atoms with Crippen LogP contribution >= 0.6 is 0 Å².